The van der Waals surface area contributed by atoms with Gasteiger partial charge in [0.25, 0.3) is 0 Å². The van der Waals surface area contributed by atoms with Gasteiger partial charge in [0.2, 0.25) is 11.8 Å². The van der Waals surface area contributed by atoms with Crippen LogP contribution in [-0.4, -0.2) is 97.8 Å². The Morgan fingerprint density at radius 1 is 1.00 bits per heavy atom. The first-order chi connectivity index (χ1) is 17.5. The molecule has 0 radical (unpaired) electrons. The summed E-state index contributed by atoms with van der Waals surface area (Å²) < 4.78 is 11.3. The summed E-state index contributed by atoms with van der Waals surface area (Å²) in [6, 6.07) is -0.511. The molecule has 2 aliphatic heterocycles. The van der Waals surface area contributed by atoms with E-state index in [0.29, 0.717) is 39.4 Å². The van der Waals surface area contributed by atoms with E-state index in [0.717, 1.165) is 9.88 Å². The van der Waals surface area contributed by atoms with E-state index in [1.165, 1.54) is 5.57 Å². The molecule has 10 heteroatoms. The van der Waals surface area contributed by atoms with Gasteiger partial charge in [-0.2, -0.15) is 0 Å². The number of allylic oxidation sites excluding steroid dienone is 2. The van der Waals surface area contributed by atoms with Gasteiger partial charge >= 0.3 is 0 Å². The van der Waals surface area contributed by atoms with Crippen LogP contribution in [0.25, 0.3) is 0 Å². The SMILES string of the molecule is CNC1C(=O)N(CC2=CC(C)(C)C=C2)CCOC1C.CNC1C(=O)N(Cc2cnc(C)s2)CCOC1C. The fourth-order valence-corrected chi connectivity index (χ4v) is 5.63. The smallest absolute Gasteiger partial charge is 0.242 e. The molecule has 2 saturated heterocycles. The molecule has 3 heterocycles. The Morgan fingerprint density at radius 2 is 1.54 bits per heavy atom. The highest BCUT2D eigenvalue weighted by molar-refractivity contribution is 7.11. The van der Waals surface area contributed by atoms with Crippen molar-refractivity contribution in [1.29, 1.82) is 0 Å². The van der Waals surface area contributed by atoms with Gasteiger partial charge in [-0.25, -0.2) is 4.98 Å². The maximum atomic E-state index is 12.5. The maximum absolute atomic E-state index is 12.5. The van der Waals surface area contributed by atoms with Crippen LogP contribution in [0, 0.1) is 12.3 Å². The molecule has 206 valence electrons. The number of ether oxygens (including phenoxy) is 2. The Bertz CT molecular complexity index is 991. The van der Waals surface area contributed by atoms with Crippen molar-refractivity contribution < 1.29 is 19.1 Å². The molecule has 4 rings (SSSR count). The zero-order valence-electron chi connectivity index (χ0n) is 23.2. The molecule has 0 saturated carbocycles. The molecular formula is C27H43N5O4S. The van der Waals surface area contributed by atoms with Gasteiger partial charge in [0.1, 0.15) is 12.1 Å². The first-order valence-corrected chi connectivity index (χ1v) is 13.8. The number of carbonyl (C=O) groups is 2. The zero-order valence-corrected chi connectivity index (χ0v) is 24.1. The fourth-order valence-electron chi connectivity index (χ4n) is 4.82. The number of rotatable bonds is 6. The predicted molar refractivity (Wildman–Crippen MR) is 146 cm³/mol. The van der Waals surface area contributed by atoms with Crippen molar-refractivity contribution in [1.82, 2.24) is 25.4 Å². The summed E-state index contributed by atoms with van der Waals surface area (Å²) >= 11 is 1.63. The summed E-state index contributed by atoms with van der Waals surface area (Å²) in [5.41, 5.74) is 1.32. The van der Waals surface area contributed by atoms with E-state index >= 15 is 0 Å². The summed E-state index contributed by atoms with van der Waals surface area (Å²) in [5, 5.41) is 7.13. The van der Waals surface area contributed by atoms with E-state index in [9.17, 15) is 9.59 Å². The highest BCUT2D eigenvalue weighted by Crippen LogP contribution is 2.28. The molecule has 1 aromatic rings. The van der Waals surface area contributed by atoms with E-state index in [-0.39, 0.29) is 41.5 Å². The molecule has 2 N–H and O–H groups in total. The van der Waals surface area contributed by atoms with Crippen molar-refractivity contribution in [3.8, 4) is 0 Å². The summed E-state index contributed by atoms with van der Waals surface area (Å²) in [6.07, 6.45) is 8.21. The third kappa shape index (κ3) is 7.94. The molecule has 37 heavy (non-hydrogen) atoms. The number of thiazole rings is 1. The van der Waals surface area contributed by atoms with E-state index in [4.69, 9.17) is 9.47 Å². The summed E-state index contributed by atoms with van der Waals surface area (Å²) in [4.78, 5) is 33.9. The number of aromatic nitrogens is 1. The highest BCUT2D eigenvalue weighted by atomic mass is 32.1. The monoisotopic (exact) mass is 533 g/mol. The van der Waals surface area contributed by atoms with Crippen molar-refractivity contribution in [3.05, 3.63) is 39.9 Å². The topological polar surface area (TPSA) is 96.0 Å². The van der Waals surface area contributed by atoms with Crippen LogP contribution in [0.1, 0.15) is 37.6 Å². The first kappa shape index (κ1) is 29.4. The van der Waals surface area contributed by atoms with Crippen LogP contribution in [0.3, 0.4) is 0 Å². The van der Waals surface area contributed by atoms with Crippen LogP contribution in [-0.2, 0) is 25.6 Å². The summed E-state index contributed by atoms with van der Waals surface area (Å²) in [5.74, 6) is 0.236. The van der Waals surface area contributed by atoms with Crippen LogP contribution >= 0.6 is 11.3 Å². The van der Waals surface area contributed by atoms with E-state index in [2.05, 4.69) is 47.7 Å². The molecule has 3 aliphatic rings. The van der Waals surface area contributed by atoms with Gasteiger partial charge < -0.3 is 29.9 Å². The van der Waals surface area contributed by atoms with E-state index in [1.807, 2.05) is 43.8 Å². The molecule has 0 spiro atoms. The second-order valence-electron chi connectivity index (χ2n) is 10.4. The molecule has 4 unspecified atom stereocenters. The number of likely N-dealkylation sites (N-methyl/N-ethyl adjacent to an activating group) is 2. The van der Waals surface area contributed by atoms with Crippen molar-refractivity contribution >= 4 is 23.2 Å². The third-order valence-electron chi connectivity index (χ3n) is 6.87. The molecular weight excluding hydrogens is 490 g/mol. The normalized spacial score (nSPS) is 27.9. The molecule has 9 nitrogen and oxygen atoms in total. The van der Waals surface area contributed by atoms with Gasteiger partial charge in [0, 0.05) is 36.1 Å². The van der Waals surface area contributed by atoms with Gasteiger partial charge in [0.05, 0.1) is 37.0 Å². The number of hydrogen-bond acceptors (Lipinski definition) is 8. The largest absolute Gasteiger partial charge is 0.374 e. The molecule has 2 amide bonds. The van der Waals surface area contributed by atoms with Crippen molar-refractivity contribution in [2.24, 2.45) is 5.41 Å². The van der Waals surface area contributed by atoms with Gasteiger partial charge in [-0.05, 0) is 40.4 Å². The average Bonchev–Trinajstić information content (AvgIpc) is 3.34. The van der Waals surface area contributed by atoms with Gasteiger partial charge in [-0.15, -0.1) is 11.3 Å². The lowest BCUT2D eigenvalue weighted by Crippen LogP contribution is -2.49. The number of hydrogen-bond donors (Lipinski definition) is 2. The maximum Gasteiger partial charge on any atom is 0.242 e. The van der Waals surface area contributed by atoms with Crippen molar-refractivity contribution in [2.75, 3.05) is 46.9 Å². The standard InChI is InChI=1S/C15H24N2O2.C12H19N3O2S/c1-11-13(16-4)14(18)17(7-8-19-11)10-12-5-6-15(2,3)9-12;1-8-11(13-3)12(16)15(4-5-17-8)7-10-6-14-9(2)18-10/h5-6,9,11,13,16H,7-8,10H2,1-4H3;6,8,11,13H,4-5,7H2,1-3H3. The molecule has 0 aromatic carbocycles. The van der Waals surface area contributed by atoms with Crippen molar-refractivity contribution in [2.45, 2.75) is 65.5 Å². The lowest BCUT2D eigenvalue weighted by atomic mass is 9.96. The van der Waals surface area contributed by atoms with Crippen LogP contribution in [0.15, 0.2) is 30.0 Å². The van der Waals surface area contributed by atoms with Gasteiger partial charge in [-0.1, -0.05) is 32.1 Å². The number of carbonyl (C=O) groups excluding carboxylic acids is 2. The Kier molecular flexibility index (Phi) is 10.4. The third-order valence-corrected chi connectivity index (χ3v) is 7.77. The highest BCUT2D eigenvalue weighted by Gasteiger charge is 2.33. The lowest BCUT2D eigenvalue weighted by Gasteiger charge is -2.25. The predicted octanol–water partition coefficient (Wildman–Crippen LogP) is 2.13. The fraction of sp³-hybridized carbons (Fsp3) is 0.667. The minimum absolute atomic E-state index is 0.0768. The quantitative estimate of drug-likeness (QED) is 0.578. The van der Waals surface area contributed by atoms with Crippen LogP contribution < -0.4 is 10.6 Å². The number of amides is 2. The Balaban J connectivity index is 0.000000206. The van der Waals surface area contributed by atoms with Crippen LogP contribution in [0.5, 0.6) is 0 Å². The van der Waals surface area contributed by atoms with Crippen LogP contribution in [0.2, 0.25) is 0 Å². The minimum atomic E-state index is -0.262. The Labute approximate surface area is 225 Å². The number of nitrogens with zero attached hydrogens (tertiary/aromatic N) is 3. The average molecular weight is 534 g/mol. The molecule has 4 atom stereocenters. The first-order valence-electron chi connectivity index (χ1n) is 13.0. The van der Waals surface area contributed by atoms with E-state index < -0.39 is 0 Å². The lowest BCUT2D eigenvalue weighted by molar-refractivity contribution is -0.134. The molecule has 2 fully saturated rings. The zero-order chi connectivity index (χ0) is 27.2. The van der Waals surface area contributed by atoms with Crippen LogP contribution in [0.4, 0.5) is 0 Å². The number of nitrogens with one attached hydrogen (secondary N) is 2. The second-order valence-corrected chi connectivity index (χ2v) is 11.7. The Morgan fingerprint density at radius 3 is 1.97 bits per heavy atom. The summed E-state index contributed by atoms with van der Waals surface area (Å²) in [7, 11) is 3.60. The van der Waals surface area contributed by atoms with Gasteiger partial charge in [-0.3, -0.25) is 9.59 Å². The number of aryl methyl sites for hydroxylation is 1. The molecule has 0 bridgehead atoms. The second kappa shape index (κ2) is 13.1. The van der Waals surface area contributed by atoms with Crippen molar-refractivity contribution in [3.63, 3.8) is 0 Å². The molecule has 1 aromatic heterocycles. The van der Waals surface area contributed by atoms with Gasteiger partial charge in [0.15, 0.2) is 0 Å². The minimum Gasteiger partial charge on any atom is -0.374 e. The Hall–Kier alpha value is -2.11. The van der Waals surface area contributed by atoms with E-state index in [1.54, 1.807) is 18.4 Å². The summed E-state index contributed by atoms with van der Waals surface area (Å²) in [6.45, 7) is 14.0. The molecule has 1 aliphatic carbocycles.